The van der Waals surface area contributed by atoms with Crippen LogP contribution in [-0.2, 0) is 9.53 Å². The molecule has 0 unspecified atom stereocenters. The Morgan fingerprint density at radius 2 is 1.39 bits per heavy atom. The van der Waals surface area contributed by atoms with Gasteiger partial charge in [-0.1, -0.05) is 107 Å². The van der Waals surface area contributed by atoms with Gasteiger partial charge in [-0.3, -0.25) is 0 Å². The third kappa shape index (κ3) is 9.38. The maximum Gasteiger partial charge on any atom is 0.335 e. The Morgan fingerprint density at radius 3 is 1.96 bits per heavy atom. The zero-order valence-corrected chi connectivity index (χ0v) is 28.8. The second-order valence-corrected chi connectivity index (χ2v) is 18.7. The molecular formula is C39H50F2O4Si. The molecule has 1 saturated carbocycles. The van der Waals surface area contributed by atoms with Gasteiger partial charge in [-0.2, -0.15) is 0 Å². The van der Waals surface area contributed by atoms with Crippen LogP contribution in [0.15, 0.2) is 72.8 Å². The molecule has 3 aromatic carbocycles. The highest BCUT2D eigenvalue weighted by Gasteiger charge is 2.34. The molecule has 1 N–H and O–H groups in total. The fourth-order valence-electron chi connectivity index (χ4n) is 6.61. The minimum atomic E-state index is -1.17. The van der Waals surface area contributed by atoms with Crippen LogP contribution in [0.5, 0.6) is 5.75 Å². The monoisotopic (exact) mass is 648 g/mol. The van der Waals surface area contributed by atoms with Crippen LogP contribution in [0.2, 0.25) is 24.7 Å². The quantitative estimate of drug-likeness (QED) is 0.0727. The Bertz CT molecular complexity index is 1430. The maximum absolute atomic E-state index is 15.4. The van der Waals surface area contributed by atoms with E-state index in [-0.39, 0.29) is 23.3 Å². The van der Waals surface area contributed by atoms with E-state index >= 15 is 8.78 Å². The second kappa shape index (κ2) is 17.0. The summed E-state index contributed by atoms with van der Waals surface area (Å²) in [4.78, 5) is 11.5. The van der Waals surface area contributed by atoms with Crippen LogP contribution in [0.3, 0.4) is 0 Å². The lowest BCUT2D eigenvalue weighted by molar-refractivity contribution is -0.139. The lowest BCUT2D eigenvalue weighted by Crippen LogP contribution is -2.34. The van der Waals surface area contributed by atoms with Crippen LogP contribution in [-0.4, -0.2) is 39.0 Å². The van der Waals surface area contributed by atoms with Gasteiger partial charge in [0.2, 0.25) is 0 Å². The summed E-state index contributed by atoms with van der Waals surface area (Å²) in [6, 6.07) is 19.8. The summed E-state index contributed by atoms with van der Waals surface area (Å²) in [6.45, 7) is 11.2. The number of unbranched alkanes of at least 4 members (excludes halogenated alkanes) is 3. The van der Waals surface area contributed by atoms with Crippen LogP contribution < -0.4 is 4.74 Å². The lowest BCUT2D eigenvalue weighted by atomic mass is 9.83. The Balaban J connectivity index is 1.28. The van der Waals surface area contributed by atoms with Gasteiger partial charge in [-0.05, 0) is 72.4 Å². The molecule has 0 radical (unpaired) electrons. The standard InChI is InChI=1S/C39H50F2O4Si/c1-5-6-26-46(3,4)34-20-16-30(17-21-34)29-10-12-31(13-11-29)35-22-23-36(38(41)37(35)40)32-14-18-33(19-15-32)44-24-8-7-9-25-45-39(43)28(2)27-42/h10-15,18-19,22-23,30,34,42H,2,5-9,16-17,20-21,24-27H2,1,3-4H3. The molecule has 0 heterocycles. The molecule has 3 aromatic rings. The molecule has 1 aliphatic rings. The van der Waals surface area contributed by atoms with Gasteiger partial charge in [-0.25, -0.2) is 13.6 Å². The van der Waals surface area contributed by atoms with Crippen molar-refractivity contribution in [3.05, 3.63) is 90.0 Å². The van der Waals surface area contributed by atoms with E-state index in [1.165, 1.54) is 50.1 Å². The van der Waals surface area contributed by atoms with Crippen LogP contribution in [0.4, 0.5) is 8.78 Å². The third-order valence-corrected chi connectivity index (χ3v) is 14.1. The molecule has 1 fully saturated rings. The number of benzene rings is 3. The predicted octanol–water partition coefficient (Wildman–Crippen LogP) is 10.5. The molecule has 0 aliphatic heterocycles. The number of ether oxygens (including phenoxy) is 2. The van der Waals surface area contributed by atoms with Crippen molar-refractivity contribution < 1.29 is 28.2 Å². The first-order chi connectivity index (χ1) is 22.1. The number of rotatable bonds is 16. The van der Waals surface area contributed by atoms with Gasteiger partial charge in [0.15, 0.2) is 11.6 Å². The van der Waals surface area contributed by atoms with Gasteiger partial charge >= 0.3 is 5.97 Å². The Kier molecular flexibility index (Phi) is 13.2. The van der Waals surface area contributed by atoms with Crippen molar-refractivity contribution in [1.29, 1.82) is 0 Å². The molecule has 46 heavy (non-hydrogen) atoms. The van der Waals surface area contributed by atoms with Crippen molar-refractivity contribution in [2.24, 2.45) is 0 Å². The number of hydrogen-bond donors (Lipinski definition) is 1. The summed E-state index contributed by atoms with van der Waals surface area (Å²) in [6.07, 6.45) is 9.95. The number of hydrogen-bond acceptors (Lipinski definition) is 4. The van der Waals surface area contributed by atoms with Crippen molar-refractivity contribution in [3.63, 3.8) is 0 Å². The van der Waals surface area contributed by atoms with Gasteiger partial charge < -0.3 is 14.6 Å². The van der Waals surface area contributed by atoms with Crippen molar-refractivity contribution in [3.8, 4) is 28.0 Å². The van der Waals surface area contributed by atoms with Gasteiger partial charge in [0.1, 0.15) is 5.75 Å². The van der Waals surface area contributed by atoms with E-state index in [1.807, 2.05) is 12.1 Å². The number of carbonyl (C=O) groups excluding carboxylic acids is 1. The average Bonchev–Trinajstić information content (AvgIpc) is 3.08. The number of aliphatic hydroxyl groups excluding tert-OH is 1. The minimum absolute atomic E-state index is 0.0424. The largest absolute Gasteiger partial charge is 0.494 e. The van der Waals surface area contributed by atoms with E-state index < -0.39 is 32.3 Å². The summed E-state index contributed by atoms with van der Waals surface area (Å²) >= 11 is 0. The van der Waals surface area contributed by atoms with Crippen LogP contribution in [0.25, 0.3) is 22.3 Å². The molecule has 0 atom stereocenters. The minimum Gasteiger partial charge on any atom is -0.494 e. The molecular weight excluding hydrogens is 599 g/mol. The molecule has 4 rings (SSSR count). The van der Waals surface area contributed by atoms with E-state index in [4.69, 9.17) is 14.6 Å². The molecule has 0 bridgehead atoms. The molecule has 1 aliphatic carbocycles. The van der Waals surface area contributed by atoms with Crippen molar-refractivity contribution >= 4 is 14.0 Å². The van der Waals surface area contributed by atoms with E-state index in [2.05, 4.69) is 38.7 Å². The summed E-state index contributed by atoms with van der Waals surface area (Å²) in [5.41, 5.74) is 4.01. The number of carbonyl (C=O) groups is 1. The van der Waals surface area contributed by atoms with Crippen LogP contribution >= 0.6 is 0 Å². The molecule has 4 nitrogen and oxygen atoms in total. The SMILES string of the molecule is C=C(CO)C(=O)OCCCCCOc1ccc(-c2ccc(-c3ccc(C4CCC([Si](C)(C)CCCC)CC4)cc3)c(F)c2F)cc1. The first-order valence-corrected chi connectivity index (χ1v) is 20.2. The summed E-state index contributed by atoms with van der Waals surface area (Å²) in [7, 11) is -1.17. The summed E-state index contributed by atoms with van der Waals surface area (Å²) < 4.78 is 41.5. The van der Waals surface area contributed by atoms with Gasteiger partial charge in [0, 0.05) is 11.1 Å². The predicted molar refractivity (Wildman–Crippen MR) is 186 cm³/mol. The van der Waals surface area contributed by atoms with Crippen molar-refractivity contribution in [2.45, 2.75) is 95.3 Å². The molecule has 0 spiro atoms. The first-order valence-electron chi connectivity index (χ1n) is 16.9. The molecule has 7 heteroatoms. The maximum atomic E-state index is 15.4. The Labute approximate surface area is 274 Å². The zero-order valence-electron chi connectivity index (χ0n) is 27.8. The number of esters is 1. The fourth-order valence-corrected chi connectivity index (χ4v) is 10.2. The number of aliphatic hydroxyl groups is 1. The fraction of sp³-hybridized carbons (Fsp3) is 0.462. The zero-order chi connectivity index (χ0) is 33.1. The molecule has 248 valence electrons. The normalized spacial score (nSPS) is 16.7. The average molecular weight is 649 g/mol. The van der Waals surface area contributed by atoms with Gasteiger partial charge in [-0.15, -0.1) is 0 Å². The highest BCUT2D eigenvalue weighted by Crippen LogP contribution is 2.45. The van der Waals surface area contributed by atoms with Crippen molar-refractivity contribution in [1.82, 2.24) is 0 Å². The molecule has 0 aromatic heterocycles. The highest BCUT2D eigenvalue weighted by molar-refractivity contribution is 6.78. The Hall–Kier alpha value is -3.29. The number of halogens is 2. The van der Waals surface area contributed by atoms with Gasteiger partial charge in [0.25, 0.3) is 0 Å². The third-order valence-electron chi connectivity index (χ3n) is 9.72. The van der Waals surface area contributed by atoms with Crippen LogP contribution in [0, 0.1) is 11.6 Å². The van der Waals surface area contributed by atoms with E-state index in [9.17, 15) is 4.79 Å². The Morgan fingerprint density at radius 1 is 0.826 bits per heavy atom. The summed E-state index contributed by atoms with van der Waals surface area (Å²) in [5.74, 6) is -1.08. The molecule has 0 saturated heterocycles. The van der Waals surface area contributed by atoms with Gasteiger partial charge in [0.05, 0.1) is 33.5 Å². The second-order valence-electron chi connectivity index (χ2n) is 13.4. The highest BCUT2D eigenvalue weighted by atomic mass is 28.3. The molecule has 0 amide bonds. The van der Waals surface area contributed by atoms with E-state index in [0.717, 1.165) is 18.4 Å². The van der Waals surface area contributed by atoms with E-state index in [1.54, 1.807) is 36.4 Å². The van der Waals surface area contributed by atoms with E-state index in [0.29, 0.717) is 35.8 Å². The van der Waals surface area contributed by atoms with Crippen molar-refractivity contribution in [2.75, 3.05) is 19.8 Å². The first kappa shape index (κ1) is 35.6. The smallest absolute Gasteiger partial charge is 0.335 e. The van der Waals surface area contributed by atoms with Crippen LogP contribution in [0.1, 0.15) is 76.2 Å². The summed E-state index contributed by atoms with van der Waals surface area (Å²) in [5, 5.41) is 8.87. The lowest BCUT2D eigenvalue weighted by Gasteiger charge is -2.38. The topological polar surface area (TPSA) is 55.8 Å².